The highest BCUT2D eigenvalue weighted by Gasteiger charge is 2.29. The highest BCUT2D eigenvalue weighted by molar-refractivity contribution is 6.30. The zero-order valence-corrected chi connectivity index (χ0v) is 14.6. The van der Waals surface area contributed by atoms with Gasteiger partial charge in [0.05, 0.1) is 5.02 Å². The van der Waals surface area contributed by atoms with E-state index in [1.807, 2.05) is 6.07 Å². The van der Waals surface area contributed by atoms with Gasteiger partial charge in [0.2, 0.25) is 0 Å². The Bertz CT molecular complexity index is 737. The van der Waals surface area contributed by atoms with Crippen molar-refractivity contribution in [1.82, 2.24) is 19.7 Å². The van der Waals surface area contributed by atoms with E-state index < -0.39 is 0 Å². The lowest BCUT2D eigenvalue weighted by Gasteiger charge is -2.36. The number of benzene rings is 1. The van der Waals surface area contributed by atoms with Crippen LogP contribution in [0.25, 0.3) is 0 Å². The first kappa shape index (κ1) is 16.0. The van der Waals surface area contributed by atoms with Crippen LogP contribution >= 0.6 is 11.6 Å². The molecule has 0 amide bonds. The summed E-state index contributed by atoms with van der Waals surface area (Å²) in [5.74, 6) is 2.48. The van der Waals surface area contributed by atoms with Crippen molar-refractivity contribution in [1.29, 1.82) is 0 Å². The van der Waals surface area contributed by atoms with Crippen molar-refractivity contribution in [2.75, 3.05) is 13.1 Å². The van der Waals surface area contributed by atoms with E-state index in [0.29, 0.717) is 5.92 Å². The van der Waals surface area contributed by atoms with E-state index in [9.17, 15) is 4.39 Å². The number of hydrogen-bond acceptors (Lipinski definition) is 3. The molecule has 1 aromatic heterocycles. The molecule has 1 fully saturated rings. The van der Waals surface area contributed by atoms with Crippen molar-refractivity contribution < 1.29 is 4.39 Å². The number of aromatic nitrogens is 3. The molecular weight excluding hydrogens is 327 g/mol. The van der Waals surface area contributed by atoms with Crippen LogP contribution in [0.2, 0.25) is 5.02 Å². The predicted octanol–water partition coefficient (Wildman–Crippen LogP) is 3.96. The lowest BCUT2D eigenvalue weighted by atomic mass is 9.94. The van der Waals surface area contributed by atoms with Gasteiger partial charge in [-0.3, -0.25) is 4.90 Å². The second-order valence-corrected chi connectivity index (χ2v) is 7.30. The summed E-state index contributed by atoms with van der Waals surface area (Å²) in [4.78, 5) is 2.45. The van der Waals surface area contributed by atoms with Crippen LogP contribution in [-0.2, 0) is 13.0 Å². The van der Waals surface area contributed by atoms with E-state index in [1.165, 1.54) is 18.3 Å². The number of halogens is 2. The monoisotopic (exact) mass is 348 g/mol. The molecule has 0 saturated carbocycles. The van der Waals surface area contributed by atoms with E-state index in [4.69, 9.17) is 11.6 Å². The number of fused-ring (bicyclic) bond motifs is 1. The molecule has 6 heteroatoms. The molecular formula is C18H22ClFN4. The third-order valence-electron chi connectivity index (χ3n) is 5.51. The molecule has 2 aromatic rings. The van der Waals surface area contributed by atoms with Gasteiger partial charge in [-0.15, -0.1) is 10.2 Å². The van der Waals surface area contributed by atoms with Crippen molar-refractivity contribution in [2.45, 2.75) is 51.1 Å². The molecule has 2 aliphatic heterocycles. The Morgan fingerprint density at radius 3 is 2.75 bits per heavy atom. The summed E-state index contributed by atoms with van der Waals surface area (Å²) in [5, 5.41) is 8.99. The van der Waals surface area contributed by atoms with Gasteiger partial charge in [-0.2, -0.15) is 0 Å². The first-order chi connectivity index (χ1) is 11.6. The molecule has 1 atom stereocenters. The van der Waals surface area contributed by atoms with Crippen LogP contribution in [0.5, 0.6) is 0 Å². The number of nitrogens with zero attached hydrogens (tertiary/aromatic N) is 4. The second-order valence-electron chi connectivity index (χ2n) is 6.89. The van der Waals surface area contributed by atoms with Crippen LogP contribution in [0.15, 0.2) is 18.2 Å². The first-order valence-electron chi connectivity index (χ1n) is 8.74. The first-order valence-corrected chi connectivity index (χ1v) is 9.12. The molecule has 0 N–H and O–H groups in total. The molecule has 128 valence electrons. The van der Waals surface area contributed by atoms with Crippen molar-refractivity contribution in [3.05, 3.63) is 46.3 Å². The summed E-state index contributed by atoms with van der Waals surface area (Å²) in [7, 11) is 0. The molecule has 4 nitrogen and oxygen atoms in total. The largest absolute Gasteiger partial charge is 0.315 e. The van der Waals surface area contributed by atoms with Gasteiger partial charge in [-0.05, 0) is 57.0 Å². The van der Waals surface area contributed by atoms with E-state index in [2.05, 4.69) is 26.6 Å². The maximum atomic E-state index is 13.4. The average molecular weight is 349 g/mol. The predicted molar refractivity (Wildman–Crippen MR) is 91.7 cm³/mol. The van der Waals surface area contributed by atoms with Crippen molar-refractivity contribution in [2.24, 2.45) is 0 Å². The smallest absolute Gasteiger partial charge is 0.141 e. The number of aryl methyl sites for hydroxylation is 1. The maximum Gasteiger partial charge on any atom is 0.141 e. The SMILES string of the molecule is C[C@H](c1ccc(F)c(Cl)c1)N1CCC(c2nnc3n2CCC3)CC1. The molecule has 0 bridgehead atoms. The Balaban J connectivity index is 1.43. The normalized spacial score (nSPS) is 20.3. The van der Waals surface area contributed by atoms with E-state index in [-0.39, 0.29) is 16.9 Å². The number of rotatable bonds is 3. The molecule has 0 radical (unpaired) electrons. The van der Waals surface area contributed by atoms with Gasteiger partial charge in [-0.1, -0.05) is 17.7 Å². The van der Waals surface area contributed by atoms with Crippen LogP contribution in [0.4, 0.5) is 4.39 Å². The maximum absolute atomic E-state index is 13.4. The Kier molecular flexibility index (Phi) is 4.31. The molecule has 0 spiro atoms. The fraction of sp³-hybridized carbons (Fsp3) is 0.556. The summed E-state index contributed by atoms with van der Waals surface area (Å²) in [6.07, 6.45) is 4.45. The molecule has 1 saturated heterocycles. The summed E-state index contributed by atoms with van der Waals surface area (Å²) in [6, 6.07) is 5.29. The Morgan fingerprint density at radius 1 is 1.21 bits per heavy atom. The van der Waals surface area contributed by atoms with Gasteiger partial charge in [0.25, 0.3) is 0 Å². The van der Waals surface area contributed by atoms with Gasteiger partial charge in [0, 0.05) is 24.9 Å². The number of piperidine rings is 1. The standard InChI is InChI=1S/C18H22ClFN4/c1-12(14-4-5-16(20)15(19)11-14)23-9-6-13(7-10-23)18-22-21-17-3-2-8-24(17)18/h4-5,11-13H,2-3,6-10H2,1H3/t12-/m1/s1. The molecule has 2 aliphatic rings. The quantitative estimate of drug-likeness (QED) is 0.842. The van der Waals surface area contributed by atoms with Crippen molar-refractivity contribution >= 4 is 11.6 Å². The minimum absolute atomic E-state index is 0.202. The van der Waals surface area contributed by atoms with Crippen LogP contribution in [0.3, 0.4) is 0 Å². The highest BCUT2D eigenvalue weighted by atomic mass is 35.5. The van der Waals surface area contributed by atoms with Crippen LogP contribution in [-0.4, -0.2) is 32.8 Å². The summed E-state index contributed by atoms with van der Waals surface area (Å²) in [5.41, 5.74) is 1.07. The second kappa shape index (κ2) is 6.45. The average Bonchev–Trinajstić information content (AvgIpc) is 3.20. The van der Waals surface area contributed by atoms with Crippen LogP contribution < -0.4 is 0 Å². The van der Waals surface area contributed by atoms with Crippen molar-refractivity contribution in [3.63, 3.8) is 0 Å². The third-order valence-corrected chi connectivity index (χ3v) is 5.80. The fourth-order valence-electron chi connectivity index (χ4n) is 4.00. The van der Waals surface area contributed by atoms with Gasteiger partial charge in [0.15, 0.2) is 0 Å². The van der Waals surface area contributed by atoms with E-state index in [1.54, 1.807) is 6.07 Å². The van der Waals surface area contributed by atoms with E-state index in [0.717, 1.165) is 50.3 Å². The van der Waals surface area contributed by atoms with Gasteiger partial charge in [-0.25, -0.2) is 4.39 Å². The van der Waals surface area contributed by atoms with E-state index >= 15 is 0 Å². The molecule has 4 rings (SSSR count). The molecule has 0 unspecified atom stereocenters. The van der Waals surface area contributed by atoms with Gasteiger partial charge >= 0.3 is 0 Å². The third kappa shape index (κ3) is 2.84. The topological polar surface area (TPSA) is 34.0 Å². The Hall–Kier alpha value is -1.46. The molecule has 1 aromatic carbocycles. The molecule has 0 aliphatic carbocycles. The lowest BCUT2D eigenvalue weighted by molar-refractivity contribution is 0.159. The van der Waals surface area contributed by atoms with Crippen LogP contribution in [0.1, 0.15) is 55.4 Å². The summed E-state index contributed by atoms with van der Waals surface area (Å²) in [6.45, 7) is 5.27. The zero-order valence-electron chi connectivity index (χ0n) is 13.9. The summed E-state index contributed by atoms with van der Waals surface area (Å²) >= 11 is 5.93. The minimum atomic E-state index is -0.355. The Labute approximate surface area is 146 Å². The summed E-state index contributed by atoms with van der Waals surface area (Å²) < 4.78 is 15.7. The number of hydrogen-bond donors (Lipinski definition) is 0. The number of likely N-dealkylation sites (tertiary alicyclic amines) is 1. The minimum Gasteiger partial charge on any atom is -0.315 e. The highest BCUT2D eigenvalue weighted by Crippen LogP contribution is 2.33. The molecule has 24 heavy (non-hydrogen) atoms. The van der Waals surface area contributed by atoms with Gasteiger partial charge in [0.1, 0.15) is 17.5 Å². The molecule has 3 heterocycles. The zero-order chi connectivity index (χ0) is 16.7. The lowest BCUT2D eigenvalue weighted by Crippen LogP contribution is -2.35. The Morgan fingerprint density at radius 2 is 2.00 bits per heavy atom. The van der Waals surface area contributed by atoms with Crippen molar-refractivity contribution in [3.8, 4) is 0 Å². The van der Waals surface area contributed by atoms with Crippen LogP contribution in [0, 0.1) is 5.82 Å². The fourth-order valence-corrected chi connectivity index (χ4v) is 4.19. The van der Waals surface area contributed by atoms with Gasteiger partial charge < -0.3 is 4.57 Å².